The van der Waals surface area contributed by atoms with E-state index in [1.165, 1.54) is 25.0 Å². The molecule has 8 heteroatoms. The van der Waals surface area contributed by atoms with E-state index in [4.69, 9.17) is 0 Å². The predicted molar refractivity (Wildman–Crippen MR) is 93.6 cm³/mol. The molecule has 0 unspecified atom stereocenters. The molecule has 0 radical (unpaired) electrons. The molecule has 0 atom stereocenters. The van der Waals surface area contributed by atoms with Crippen molar-refractivity contribution < 1.29 is 18.0 Å². The monoisotopic (exact) mass is 376 g/mol. The van der Waals surface area contributed by atoms with Crippen molar-refractivity contribution >= 4 is 11.7 Å². The standard InChI is InChI=1S/C19H19F3N4O/c20-19(21,22)15-3-1-2-14(12-15)18(27)26-10-8-25(9-11-26)17-7-6-16(23-24-17)13-4-5-13/h1-3,6-7,12-13H,4-5,8-11H2. The molecule has 0 bridgehead atoms. The molecule has 0 N–H and O–H groups in total. The molecule has 1 aromatic carbocycles. The van der Waals surface area contributed by atoms with Crippen LogP contribution in [0.5, 0.6) is 0 Å². The van der Waals surface area contributed by atoms with Crippen LogP contribution in [0.25, 0.3) is 0 Å². The lowest BCUT2D eigenvalue weighted by Gasteiger charge is -2.35. The minimum absolute atomic E-state index is 0.0619. The second kappa shape index (κ2) is 6.83. The number of amides is 1. The first-order chi connectivity index (χ1) is 12.9. The Kier molecular flexibility index (Phi) is 4.49. The molecule has 27 heavy (non-hydrogen) atoms. The van der Waals surface area contributed by atoms with Gasteiger partial charge in [-0.05, 0) is 43.2 Å². The van der Waals surface area contributed by atoms with Crippen LogP contribution in [0.2, 0.25) is 0 Å². The zero-order chi connectivity index (χ0) is 19.0. The molecular weight excluding hydrogens is 357 g/mol. The third-order valence-corrected chi connectivity index (χ3v) is 4.99. The van der Waals surface area contributed by atoms with Crippen LogP contribution in [-0.4, -0.2) is 47.2 Å². The molecule has 1 saturated carbocycles. The Labute approximate surface area is 154 Å². The van der Waals surface area contributed by atoms with Gasteiger partial charge in [0.2, 0.25) is 0 Å². The highest BCUT2D eigenvalue weighted by Crippen LogP contribution is 2.38. The highest BCUT2D eigenvalue weighted by atomic mass is 19.4. The smallest absolute Gasteiger partial charge is 0.352 e. The maximum absolute atomic E-state index is 12.9. The van der Waals surface area contributed by atoms with Crippen molar-refractivity contribution in [2.24, 2.45) is 0 Å². The molecule has 2 aliphatic rings. The fourth-order valence-electron chi connectivity index (χ4n) is 3.25. The van der Waals surface area contributed by atoms with Crippen molar-refractivity contribution in [3.05, 3.63) is 53.2 Å². The molecule has 1 aromatic heterocycles. The van der Waals surface area contributed by atoms with E-state index < -0.39 is 11.7 Å². The first-order valence-corrected chi connectivity index (χ1v) is 8.97. The molecule has 1 aliphatic heterocycles. The highest BCUT2D eigenvalue weighted by molar-refractivity contribution is 5.94. The number of hydrogen-bond acceptors (Lipinski definition) is 4. The van der Waals surface area contributed by atoms with Gasteiger partial charge in [-0.15, -0.1) is 5.10 Å². The number of hydrogen-bond donors (Lipinski definition) is 0. The van der Waals surface area contributed by atoms with Crippen molar-refractivity contribution in [1.29, 1.82) is 0 Å². The van der Waals surface area contributed by atoms with Crippen molar-refractivity contribution in [3.63, 3.8) is 0 Å². The Morgan fingerprint density at radius 3 is 2.33 bits per heavy atom. The maximum atomic E-state index is 12.9. The number of piperazine rings is 1. The lowest BCUT2D eigenvalue weighted by molar-refractivity contribution is -0.137. The topological polar surface area (TPSA) is 49.3 Å². The van der Waals surface area contributed by atoms with Crippen LogP contribution in [0.1, 0.15) is 40.4 Å². The Morgan fingerprint density at radius 1 is 1.00 bits per heavy atom. The largest absolute Gasteiger partial charge is 0.416 e. The summed E-state index contributed by atoms with van der Waals surface area (Å²) in [6.45, 7) is 2.01. The van der Waals surface area contributed by atoms with Gasteiger partial charge in [-0.1, -0.05) is 6.07 Å². The summed E-state index contributed by atoms with van der Waals surface area (Å²) < 4.78 is 38.6. The van der Waals surface area contributed by atoms with Gasteiger partial charge in [0.05, 0.1) is 11.3 Å². The number of carbonyl (C=O) groups excluding carboxylic acids is 1. The lowest BCUT2D eigenvalue weighted by atomic mass is 10.1. The molecule has 1 saturated heterocycles. The molecule has 2 fully saturated rings. The first-order valence-electron chi connectivity index (χ1n) is 8.97. The molecule has 142 valence electrons. The second-order valence-electron chi connectivity index (χ2n) is 6.95. The predicted octanol–water partition coefficient (Wildman–Crippen LogP) is 3.34. The zero-order valence-electron chi connectivity index (χ0n) is 14.6. The summed E-state index contributed by atoms with van der Waals surface area (Å²) >= 11 is 0. The lowest BCUT2D eigenvalue weighted by Crippen LogP contribution is -2.49. The van der Waals surface area contributed by atoms with Crippen LogP contribution in [-0.2, 0) is 6.18 Å². The molecule has 2 aromatic rings. The van der Waals surface area contributed by atoms with Crippen molar-refractivity contribution in [3.8, 4) is 0 Å². The van der Waals surface area contributed by atoms with E-state index in [2.05, 4.69) is 10.2 Å². The van der Waals surface area contributed by atoms with Crippen LogP contribution < -0.4 is 4.90 Å². The molecule has 4 rings (SSSR count). The van der Waals surface area contributed by atoms with Crippen molar-refractivity contribution in [2.75, 3.05) is 31.1 Å². The molecule has 1 aliphatic carbocycles. The average molecular weight is 376 g/mol. The summed E-state index contributed by atoms with van der Waals surface area (Å²) in [6.07, 6.45) is -2.12. The Balaban J connectivity index is 1.39. The van der Waals surface area contributed by atoms with Crippen molar-refractivity contribution in [2.45, 2.75) is 24.9 Å². The van der Waals surface area contributed by atoms with E-state index in [1.807, 2.05) is 17.0 Å². The van der Waals surface area contributed by atoms with Crippen LogP contribution in [0, 0.1) is 0 Å². The number of rotatable bonds is 3. The molecule has 0 spiro atoms. The van der Waals surface area contributed by atoms with Gasteiger partial charge in [0, 0.05) is 37.7 Å². The summed E-state index contributed by atoms with van der Waals surface area (Å²) in [5.41, 5.74) is 0.280. The van der Waals surface area contributed by atoms with Crippen LogP contribution in [0.15, 0.2) is 36.4 Å². The summed E-state index contributed by atoms with van der Waals surface area (Å²) in [4.78, 5) is 16.2. The van der Waals surface area contributed by atoms with Gasteiger partial charge in [0.1, 0.15) is 0 Å². The van der Waals surface area contributed by atoms with Gasteiger partial charge >= 0.3 is 6.18 Å². The average Bonchev–Trinajstić information content (AvgIpc) is 3.52. The van der Waals surface area contributed by atoms with Gasteiger partial charge in [-0.3, -0.25) is 4.79 Å². The SMILES string of the molecule is O=C(c1cccc(C(F)(F)F)c1)N1CCN(c2ccc(C3CC3)nn2)CC1. The van der Waals surface area contributed by atoms with E-state index in [-0.39, 0.29) is 11.5 Å². The maximum Gasteiger partial charge on any atom is 0.416 e. The molecular formula is C19H19F3N4O. The van der Waals surface area contributed by atoms with Gasteiger partial charge in [0.25, 0.3) is 5.91 Å². The second-order valence-corrected chi connectivity index (χ2v) is 6.95. The molecule has 1 amide bonds. The number of halogens is 3. The van der Waals surface area contributed by atoms with Crippen molar-refractivity contribution in [1.82, 2.24) is 15.1 Å². The normalized spacial score (nSPS) is 17.9. The summed E-state index contributed by atoms with van der Waals surface area (Å²) in [7, 11) is 0. The molecule has 5 nitrogen and oxygen atoms in total. The zero-order valence-corrected chi connectivity index (χ0v) is 14.6. The minimum Gasteiger partial charge on any atom is -0.352 e. The number of alkyl halides is 3. The fraction of sp³-hybridized carbons (Fsp3) is 0.421. The van der Waals surface area contributed by atoms with Gasteiger partial charge in [0.15, 0.2) is 5.82 Å². The number of benzene rings is 1. The molecule has 2 heterocycles. The van der Waals surface area contributed by atoms with Gasteiger partial charge in [-0.2, -0.15) is 18.3 Å². The number of aromatic nitrogens is 2. The third-order valence-electron chi connectivity index (χ3n) is 4.99. The number of carbonyl (C=O) groups is 1. The Hall–Kier alpha value is -2.64. The Morgan fingerprint density at radius 2 is 1.74 bits per heavy atom. The quantitative estimate of drug-likeness (QED) is 0.825. The summed E-state index contributed by atoms with van der Waals surface area (Å²) in [6, 6.07) is 8.52. The van der Waals surface area contributed by atoms with E-state index in [9.17, 15) is 18.0 Å². The third kappa shape index (κ3) is 3.89. The number of nitrogens with zero attached hydrogens (tertiary/aromatic N) is 4. The van der Waals surface area contributed by atoms with E-state index in [1.54, 1.807) is 4.90 Å². The van der Waals surface area contributed by atoms with E-state index >= 15 is 0 Å². The first kappa shape index (κ1) is 17.8. The highest BCUT2D eigenvalue weighted by Gasteiger charge is 2.32. The Bertz CT molecular complexity index is 826. The summed E-state index contributed by atoms with van der Waals surface area (Å²) in [5, 5.41) is 8.55. The van der Waals surface area contributed by atoms with Crippen LogP contribution in [0.3, 0.4) is 0 Å². The van der Waals surface area contributed by atoms with Crippen LogP contribution >= 0.6 is 0 Å². The minimum atomic E-state index is -4.46. The fourth-order valence-corrected chi connectivity index (χ4v) is 3.25. The van der Waals surface area contributed by atoms with Crippen LogP contribution in [0.4, 0.5) is 19.0 Å². The number of anilines is 1. The van der Waals surface area contributed by atoms with Gasteiger partial charge < -0.3 is 9.80 Å². The van der Waals surface area contributed by atoms with E-state index in [0.717, 1.165) is 23.6 Å². The van der Waals surface area contributed by atoms with Gasteiger partial charge in [-0.25, -0.2) is 0 Å². The van der Waals surface area contributed by atoms with E-state index in [0.29, 0.717) is 32.1 Å². The summed E-state index contributed by atoms with van der Waals surface area (Å²) in [5.74, 6) is 0.940.